The number of nitrogens with zero attached hydrogens (tertiary/aromatic N) is 4. The van der Waals surface area contributed by atoms with E-state index >= 15 is 0 Å². The maximum Gasteiger partial charge on any atom is 0.204 e. The Balaban J connectivity index is 1.60. The summed E-state index contributed by atoms with van der Waals surface area (Å²) in [5.41, 5.74) is 2.03. The monoisotopic (exact) mass is 343 g/mol. The number of tetrazole rings is 1. The fraction of sp³-hybridized carbons (Fsp3) is 0.133. The average Bonchev–Trinajstić information content (AvgIpc) is 2.99. The van der Waals surface area contributed by atoms with Gasteiger partial charge in [0, 0.05) is 22.3 Å². The fourth-order valence-electron chi connectivity index (χ4n) is 1.94. The molecule has 0 unspecified atom stereocenters. The molecule has 1 aromatic heterocycles. The number of nitrogens with one attached hydrogen (secondary N) is 1. The number of hydrogen-bond donors (Lipinski definition) is 1. The zero-order valence-corrected chi connectivity index (χ0v) is 12.9. The molecule has 1 heterocycles. The summed E-state index contributed by atoms with van der Waals surface area (Å²) >= 11 is 3.50. The number of para-hydroxylation sites is 1. The summed E-state index contributed by atoms with van der Waals surface area (Å²) in [6, 6.07) is 17.8. The normalized spacial score (nSPS) is 10.5. The smallest absolute Gasteiger partial charge is 0.204 e. The van der Waals surface area contributed by atoms with Gasteiger partial charge in [-0.25, -0.2) is 0 Å². The Bertz CT molecular complexity index is 711. The van der Waals surface area contributed by atoms with Crippen molar-refractivity contribution in [2.45, 2.75) is 6.54 Å². The van der Waals surface area contributed by atoms with Crippen LogP contribution in [0.4, 0.5) is 5.69 Å². The van der Waals surface area contributed by atoms with Crippen LogP contribution >= 0.6 is 15.9 Å². The Labute approximate surface area is 131 Å². The Kier molecular flexibility index (Phi) is 4.25. The van der Waals surface area contributed by atoms with E-state index in [-0.39, 0.29) is 0 Å². The standard InChI is InChI=1S/C15H14BrN5/c16-13-8-4-5-9-14(13)17-10-11-21-19-15(18-20-21)12-6-2-1-3-7-12/h1-9,17H,10-11H2. The van der Waals surface area contributed by atoms with Crippen molar-refractivity contribution in [1.29, 1.82) is 0 Å². The van der Waals surface area contributed by atoms with Crippen molar-refractivity contribution >= 4 is 21.6 Å². The van der Waals surface area contributed by atoms with E-state index in [1.165, 1.54) is 0 Å². The minimum absolute atomic E-state index is 0.650. The van der Waals surface area contributed by atoms with E-state index < -0.39 is 0 Å². The zero-order chi connectivity index (χ0) is 14.5. The van der Waals surface area contributed by atoms with Crippen LogP contribution in [0.3, 0.4) is 0 Å². The first-order chi connectivity index (χ1) is 10.3. The summed E-state index contributed by atoms with van der Waals surface area (Å²) in [6.07, 6.45) is 0. The molecule has 0 aliphatic rings. The van der Waals surface area contributed by atoms with Gasteiger partial charge in [0.25, 0.3) is 0 Å². The van der Waals surface area contributed by atoms with Gasteiger partial charge in [-0.15, -0.1) is 10.2 Å². The van der Waals surface area contributed by atoms with Crippen LogP contribution in [0.15, 0.2) is 59.1 Å². The third-order valence-electron chi connectivity index (χ3n) is 2.99. The predicted octanol–water partition coefficient (Wildman–Crippen LogP) is 3.21. The third kappa shape index (κ3) is 3.46. The molecule has 0 saturated carbocycles. The van der Waals surface area contributed by atoms with Gasteiger partial charge < -0.3 is 5.32 Å². The number of benzene rings is 2. The second-order valence-electron chi connectivity index (χ2n) is 4.48. The Morgan fingerprint density at radius 2 is 1.76 bits per heavy atom. The highest BCUT2D eigenvalue weighted by Gasteiger charge is 2.05. The van der Waals surface area contributed by atoms with E-state index in [4.69, 9.17) is 0 Å². The van der Waals surface area contributed by atoms with Gasteiger partial charge >= 0.3 is 0 Å². The highest BCUT2D eigenvalue weighted by Crippen LogP contribution is 2.20. The SMILES string of the molecule is Brc1ccccc1NCCn1nnc(-c2ccccc2)n1. The molecule has 0 fully saturated rings. The number of aromatic nitrogens is 4. The first kappa shape index (κ1) is 13.8. The molecule has 5 nitrogen and oxygen atoms in total. The van der Waals surface area contributed by atoms with Gasteiger partial charge in [-0.05, 0) is 33.3 Å². The molecule has 3 aromatic rings. The summed E-state index contributed by atoms with van der Waals surface area (Å²) in [6.45, 7) is 1.38. The summed E-state index contributed by atoms with van der Waals surface area (Å²) < 4.78 is 1.04. The van der Waals surface area contributed by atoms with Crippen LogP contribution in [0.1, 0.15) is 0 Å². The highest BCUT2D eigenvalue weighted by molar-refractivity contribution is 9.10. The van der Waals surface area contributed by atoms with E-state index in [0.717, 1.165) is 22.3 Å². The molecule has 0 aliphatic heterocycles. The van der Waals surface area contributed by atoms with Crippen LogP contribution in [-0.2, 0) is 6.54 Å². The van der Waals surface area contributed by atoms with E-state index in [2.05, 4.69) is 36.7 Å². The lowest BCUT2D eigenvalue weighted by Crippen LogP contribution is -2.13. The number of anilines is 1. The quantitative estimate of drug-likeness (QED) is 0.772. The Hall–Kier alpha value is -2.21. The van der Waals surface area contributed by atoms with Crippen LogP contribution < -0.4 is 5.32 Å². The van der Waals surface area contributed by atoms with Crippen LogP contribution in [0.25, 0.3) is 11.4 Å². The van der Waals surface area contributed by atoms with E-state index in [9.17, 15) is 0 Å². The molecule has 0 bridgehead atoms. The van der Waals surface area contributed by atoms with Crippen molar-refractivity contribution in [3.05, 3.63) is 59.1 Å². The lowest BCUT2D eigenvalue weighted by Gasteiger charge is -2.07. The fourth-order valence-corrected chi connectivity index (χ4v) is 2.36. The summed E-state index contributed by atoms with van der Waals surface area (Å²) in [4.78, 5) is 1.60. The third-order valence-corrected chi connectivity index (χ3v) is 3.68. The first-order valence-corrected chi connectivity index (χ1v) is 7.44. The van der Waals surface area contributed by atoms with E-state index in [0.29, 0.717) is 12.4 Å². The molecule has 0 spiro atoms. The molecular formula is C15H14BrN5. The maximum absolute atomic E-state index is 4.38. The van der Waals surface area contributed by atoms with Gasteiger partial charge in [0.15, 0.2) is 0 Å². The summed E-state index contributed by atoms with van der Waals surface area (Å²) in [5.74, 6) is 0.650. The molecule has 2 aromatic carbocycles. The Morgan fingerprint density at radius 3 is 2.57 bits per heavy atom. The molecule has 106 valence electrons. The lowest BCUT2D eigenvalue weighted by atomic mass is 10.2. The molecule has 6 heteroatoms. The number of hydrogen-bond acceptors (Lipinski definition) is 4. The van der Waals surface area contributed by atoms with Gasteiger partial charge in [0.1, 0.15) is 0 Å². The molecule has 0 saturated heterocycles. The average molecular weight is 344 g/mol. The maximum atomic E-state index is 4.38. The molecule has 0 aliphatic carbocycles. The Morgan fingerprint density at radius 1 is 1.00 bits per heavy atom. The molecule has 0 radical (unpaired) electrons. The van der Waals surface area contributed by atoms with E-state index in [1.54, 1.807) is 4.80 Å². The number of rotatable bonds is 5. The minimum Gasteiger partial charge on any atom is -0.382 e. The van der Waals surface area contributed by atoms with Crippen LogP contribution in [0.2, 0.25) is 0 Å². The topological polar surface area (TPSA) is 55.6 Å². The molecule has 0 atom stereocenters. The second-order valence-corrected chi connectivity index (χ2v) is 5.34. The lowest BCUT2D eigenvalue weighted by molar-refractivity contribution is 0.539. The number of halogens is 1. The van der Waals surface area contributed by atoms with Gasteiger partial charge in [-0.2, -0.15) is 4.80 Å². The predicted molar refractivity (Wildman–Crippen MR) is 85.9 cm³/mol. The summed E-state index contributed by atoms with van der Waals surface area (Å²) in [5, 5.41) is 15.9. The van der Waals surface area contributed by atoms with Crippen LogP contribution in [-0.4, -0.2) is 26.8 Å². The first-order valence-electron chi connectivity index (χ1n) is 6.64. The van der Waals surface area contributed by atoms with Gasteiger partial charge in [-0.1, -0.05) is 42.5 Å². The second kappa shape index (κ2) is 6.49. The van der Waals surface area contributed by atoms with E-state index in [1.807, 2.05) is 54.6 Å². The molecular weight excluding hydrogens is 330 g/mol. The largest absolute Gasteiger partial charge is 0.382 e. The van der Waals surface area contributed by atoms with Gasteiger partial charge in [0.2, 0.25) is 5.82 Å². The molecule has 1 N–H and O–H groups in total. The van der Waals surface area contributed by atoms with Crippen molar-refractivity contribution in [2.75, 3.05) is 11.9 Å². The summed E-state index contributed by atoms with van der Waals surface area (Å²) in [7, 11) is 0. The van der Waals surface area contributed by atoms with Crippen LogP contribution in [0.5, 0.6) is 0 Å². The molecule has 0 amide bonds. The highest BCUT2D eigenvalue weighted by atomic mass is 79.9. The van der Waals surface area contributed by atoms with Crippen molar-refractivity contribution in [3.8, 4) is 11.4 Å². The van der Waals surface area contributed by atoms with Gasteiger partial charge in [-0.3, -0.25) is 0 Å². The van der Waals surface area contributed by atoms with Crippen molar-refractivity contribution in [3.63, 3.8) is 0 Å². The minimum atomic E-state index is 0.650. The molecule has 3 rings (SSSR count). The zero-order valence-electron chi connectivity index (χ0n) is 11.3. The van der Waals surface area contributed by atoms with Crippen molar-refractivity contribution in [2.24, 2.45) is 0 Å². The van der Waals surface area contributed by atoms with Gasteiger partial charge in [0.05, 0.1) is 6.54 Å². The van der Waals surface area contributed by atoms with Crippen molar-refractivity contribution in [1.82, 2.24) is 20.2 Å². The van der Waals surface area contributed by atoms with Crippen molar-refractivity contribution < 1.29 is 0 Å². The molecule has 21 heavy (non-hydrogen) atoms. The van der Waals surface area contributed by atoms with Crippen LogP contribution in [0, 0.1) is 0 Å².